The maximum Gasteiger partial charge on any atom is 1.00 e. The van der Waals surface area contributed by atoms with Gasteiger partial charge in [-0.25, -0.2) is 0 Å². The van der Waals surface area contributed by atoms with Gasteiger partial charge in [0.1, 0.15) is 0 Å². The molecule has 1 heteroatoms. The van der Waals surface area contributed by atoms with Crippen LogP contribution >= 0.6 is 0 Å². The summed E-state index contributed by atoms with van der Waals surface area (Å²) in [7, 11) is 0. The van der Waals surface area contributed by atoms with Crippen molar-refractivity contribution >= 4 is 0 Å². The zero-order valence-corrected chi connectivity index (χ0v) is 17.6. The Morgan fingerprint density at radius 1 is 0.429 bits per heavy atom. The maximum atomic E-state index is 2.54. The molecule has 0 heterocycles. The average Bonchev–Trinajstić information content (AvgIpc) is 2.47. The van der Waals surface area contributed by atoms with Crippen molar-refractivity contribution in [2.75, 3.05) is 0 Å². The minimum absolute atomic E-state index is 0. The molecule has 0 amide bonds. The molecule has 21 heavy (non-hydrogen) atoms. The summed E-state index contributed by atoms with van der Waals surface area (Å²) in [6.45, 7) is 4.58. The van der Waals surface area contributed by atoms with E-state index in [1.165, 1.54) is 109 Å². The molecule has 0 saturated carbocycles. The van der Waals surface area contributed by atoms with Crippen LogP contribution in [0.4, 0.5) is 0 Å². The standard InChI is InChI=1S/C20H41.Na/c1-3-5-7-9-11-13-15-17-19-20-18-16-14-12-10-8-6-4-2;/h19H,3-18,20H2,1-2H3;/q-1;+1. The molecule has 0 saturated heterocycles. The van der Waals surface area contributed by atoms with Gasteiger partial charge in [0.25, 0.3) is 0 Å². The molecule has 0 fully saturated rings. The van der Waals surface area contributed by atoms with E-state index in [0.29, 0.717) is 0 Å². The van der Waals surface area contributed by atoms with Gasteiger partial charge in [-0.05, 0) is 0 Å². The van der Waals surface area contributed by atoms with Crippen LogP contribution in [0.3, 0.4) is 0 Å². The first-order chi connectivity index (χ1) is 9.91. The maximum absolute atomic E-state index is 2.54. The van der Waals surface area contributed by atoms with E-state index in [1.54, 1.807) is 0 Å². The Bertz CT molecular complexity index is 138. The molecule has 0 N–H and O–H groups in total. The summed E-state index contributed by atoms with van der Waals surface area (Å²) in [4.78, 5) is 0. The Hall–Kier alpha value is 1.00. The molecule has 0 aliphatic carbocycles. The molecule has 122 valence electrons. The Kier molecular flexibility index (Phi) is 26.9. The van der Waals surface area contributed by atoms with Crippen LogP contribution < -0.4 is 29.6 Å². The smallest absolute Gasteiger partial charge is 0.328 e. The van der Waals surface area contributed by atoms with Gasteiger partial charge in [0.2, 0.25) is 0 Å². The van der Waals surface area contributed by atoms with E-state index in [0.717, 1.165) is 0 Å². The second kappa shape index (κ2) is 23.3. The van der Waals surface area contributed by atoms with E-state index >= 15 is 0 Å². The van der Waals surface area contributed by atoms with Gasteiger partial charge in [-0.1, -0.05) is 110 Å². The van der Waals surface area contributed by atoms with Crippen LogP contribution in [0.2, 0.25) is 0 Å². The topological polar surface area (TPSA) is 0 Å². The monoisotopic (exact) mass is 304 g/mol. The van der Waals surface area contributed by atoms with Crippen LogP contribution in [0.15, 0.2) is 0 Å². The third-order valence-corrected chi connectivity index (χ3v) is 4.27. The number of hydrogen-bond acceptors (Lipinski definition) is 0. The Morgan fingerprint density at radius 3 is 1.05 bits per heavy atom. The molecular formula is C20H41Na. The number of rotatable bonds is 17. The van der Waals surface area contributed by atoms with Gasteiger partial charge in [-0.3, -0.25) is 0 Å². The van der Waals surface area contributed by atoms with Crippen molar-refractivity contribution < 1.29 is 29.6 Å². The van der Waals surface area contributed by atoms with E-state index in [1.807, 2.05) is 0 Å². The van der Waals surface area contributed by atoms with E-state index in [9.17, 15) is 0 Å². The zero-order valence-electron chi connectivity index (χ0n) is 15.6. The van der Waals surface area contributed by atoms with Gasteiger partial charge in [0, 0.05) is 0 Å². The second-order valence-corrected chi connectivity index (χ2v) is 6.46. The van der Waals surface area contributed by atoms with Crippen molar-refractivity contribution in [3.05, 3.63) is 6.42 Å². The number of hydrogen-bond donors (Lipinski definition) is 0. The van der Waals surface area contributed by atoms with Crippen molar-refractivity contribution in [2.24, 2.45) is 0 Å². The van der Waals surface area contributed by atoms with Gasteiger partial charge in [-0.2, -0.15) is 12.8 Å². The van der Waals surface area contributed by atoms with Crippen molar-refractivity contribution in [2.45, 2.75) is 123 Å². The first kappa shape index (κ1) is 24.3. The molecule has 0 aliphatic rings. The van der Waals surface area contributed by atoms with Crippen LogP contribution in [0, 0.1) is 6.42 Å². The fraction of sp³-hybridized carbons (Fsp3) is 0.950. The zero-order chi connectivity index (χ0) is 14.7. The largest absolute Gasteiger partial charge is 1.00 e. The van der Waals surface area contributed by atoms with E-state index in [-0.39, 0.29) is 29.6 Å². The van der Waals surface area contributed by atoms with Gasteiger partial charge >= 0.3 is 29.6 Å². The summed E-state index contributed by atoms with van der Waals surface area (Å²) >= 11 is 0. The summed E-state index contributed by atoms with van der Waals surface area (Å²) in [5, 5.41) is 0. The summed E-state index contributed by atoms with van der Waals surface area (Å²) in [6, 6.07) is 0. The normalized spacial score (nSPS) is 10.6. The van der Waals surface area contributed by atoms with E-state index in [4.69, 9.17) is 0 Å². The molecule has 0 aromatic rings. The molecule has 0 radical (unpaired) electrons. The molecule has 0 spiro atoms. The van der Waals surface area contributed by atoms with Crippen LogP contribution in [-0.2, 0) is 0 Å². The summed E-state index contributed by atoms with van der Waals surface area (Å²) < 4.78 is 0. The van der Waals surface area contributed by atoms with Gasteiger partial charge in [-0.15, -0.1) is 0 Å². The predicted octanol–water partition coefficient (Wildman–Crippen LogP) is 4.87. The third-order valence-electron chi connectivity index (χ3n) is 4.27. The molecule has 0 aliphatic heterocycles. The first-order valence-corrected chi connectivity index (χ1v) is 9.73. The Balaban J connectivity index is 0. The Labute approximate surface area is 158 Å². The molecule has 0 atom stereocenters. The summed E-state index contributed by atoms with van der Waals surface area (Å²) in [5.74, 6) is 0. The van der Waals surface area contributed by atoms with Crippen molar-refractivity contribution in [1.29, 1.82) is 0 Å². The predicted molar refractivity (Wildman–Crippen MR) is 94.1 cm³/mol. The first-order valence-electron chi connectivity index (χ1n) is 9.73. The second-order valence-electron chi connectivity index (χ2n) is 6.46. The van der Waals surface area contributed by atoms with Crippen molar-refractivity contribution in [1.82, 2.24) is 0 Å². The molecule has 0 rings (SSSR count). The average molecular weight is 305 g/mol. The number of unbranched alkanes of at least 4 members (excludes halogenated alkanes) is 17. The van der Waals surface area contributed by atoms with Gasteiger partial charge in [0.05, 0.1) is 0 Å². The fourth-order valence-corrected chi connectivity index (χ4v) is 2.81. The van der Waals surface area contributed by atoms with Crippen LogP contribution in [0.25, 0.3) is 0 Å². The summed E-state index contributed by atoms with van der Waals surface area (Å²) in [6.07, 6.45) is 26.9. The molecule has 0 aromatic heterocycles. The molecular weight excluding hydrogens is 263 g/mol. The van der Waals surface area contributed by atoms with Crippen molar-refractivity contribution in [3.63, 3.8) is 0 Å². The van der Waals surface area contributed by atoms with E-state index in [2.05, 4.69) is 20.3 Å². The third kappa shape index (κ3) is 23.4. The molecule has 0 bridgehead atoms. The SMILES string of the molecule is CCCCCCCCC[CH-]CCCCCCCCCC.[Na+]. The van der Waals surface area contributed by atoms with Crippen LogP contribution in [-0.4, -0.2) is 0 Å². The molecule has 0 aromatic carbocycles. The van der Waals surface area contributed by atoms with Gasteiger partial charge < -0.3 is 6.42 Å². The summed E-state index contributed by atoms with van der Waals surface area (Å²) in [5.41, 5.74) is 0. The van der Waals surface area contributed by atoms with Crippen LogP contribution in [0.5, 0.6) is 0 Å². The molecule has 0 nitrogen and oxygen atoms in total. The fourth-order valence-electron chi connectivity index (χ4n) is 2.81. The minimum atomic E-state index is 0. The molecule has 0 unspecified atom stereocenters. The van der Waals surface area contributed by atoms with Crippen LogP contribution in [0.1, 0.15) is 123 Å². The Morgan fingerprint density at radius 2 is 0.714 bits per heavy atom. The van der Waals surface area contributed by atoms with Crippen molar-refractivity contribution in [3.8, 4) is 0 Å². The minimum Gasteiger partial charge on any atom is -0.328 e. The van der Waals surface area contributed by atoms with Gasteiger partial charge in [0.15, 0.2) is 0 Å². The van der Waals surface area contributed by atoms with E-state index < -0.39 is 0 Å². The quantitative estimate of drug-likeness (QED) is 0.204.